The average Bonchev–Trinajstić information content (AvgIpc) is 2.85. The van der Waals surface area contributed by atoms with Gasteiger partial charge in [0.05, 0.1) is 0 Å². The summed E-state index contributed by atoms with van der Waals surface area (Å²) >= 11 is 0. The van der Waals surface area contributed by atoms with Gasteiger partial charge in [-0.2, -0.15) is 0 Å². The zero-order valence-corrected chi connectivity index (χ0v) is 19.5. The molecule has 0 saturated heterocycles. The van der Waals surface area contributed by atoms with E-state index in [0.29, 0.717) is 33.8 Å². The average molecular weight is 464 g/mol. The van der Waals surface area contributed by atoms with Gasteiger partial charge < -0.3 is 16.0 Å². The molecule has 0 bridgehead atoms. The molecule has 0 aliphatic carbocycles. The smallest absolute Gasteiger partial charge is 0.255 e. The van der Waals surface area contributed by atoms with E-state index in [9.17, 15) is 14.4 Å². The lowest BCUT2D eigenvalue weighted by atomic mass is 10.1. The summed E-state index contributed by atoms with van der Waals surface area (Å²) < 4.78 is 0. The molecule has 0 aliphatic rings. The number of amides is 3. The molecule has 6 heteroatoms. The zero-order valence-electron chi connectivity index (χ0n) is 19.5. The van der Waals surface area contributed by atoms with Gasteiger partial charge in [-0.25, -0.2) is 0 Å². The van der Waals surface area contributed by atoms with Gasteiger partial charge in [-0.05, 0) is 86.6 Å². The lowest BCUT2D eigenvalue weighted by molar-refractivity contribution is 0.101. The fourth-order valence-corrected chi connectivity index (χ4v) is 3.52. The number of nitrogens with one attached hydrogen (secondary N) is 3. The van der Waals surface area contributed by atoms with Crippen LogP contribution in [0.15, 0.2) is 97.1 Å². The number of aryl methyl sites for hydroxylation is 2. The summed E-state index contributed by atoms with van der Waals surface area (Å²) in [5.74, 6) is -0.682. The maximum atomic E-state index is 12.6. The van der Waals surface area contributed by atoms with Crippen LogP contribution in [0.2, 0.25) is 0 Å². The van der Waals surface area contributed by atoms with E-state index in [0.717, 1.165) is 11.1 Å². The van der Waals surface area contributed by atoms with E-state index in [1.165, 1.54) is 0 Å². The molecular formula is C29H25N3O3. The van der Waals surface area contributed by atoms with Crippen molar-refractivity contribution in [2.45, 2.75) is 13.8 Å². The van der Waals surface area contributed by atoms with Crippen molar-refractivity contribution in [3.63, 3.8) is 0 Å². The Kier molecular flexibility index (Phi) is 7.02. The van der Waals surface area contributed by atoms with Crippen LogP contribution in [-0.4, -0.2) is 17.7 Å². The molecule has 0 spiro atoms. The molecule has 174 valence electrons. The highest BCUT2D eigenvalue weighted by Crippen LogP contribution is 2.17. The number of anilines is 3. The van der Waals surface area contributed by atoms with Gasteiger partial charge >= 0.3 is 0 Å². The Morgan fingerprint density at radius 2 is 0.800 bits per heavy atom. The highest BCUT2D eigenvalue weighted by Gasteiger charge is 2.10. The Labute approximate surface area is 204 Å². The quantitative estimate of drug-likeness (QED) is 0.325. The van der Waals surface area contributed by atoms with Gasteiger partial charge in [-0.1, -0.05) is 35.4 Å². The maximum Gasteiger partial charge on any atom is 0.255 e. The lowest BCUT2D eigenvalue weighted by Gasteiger charge is -2.09. The van der Waals surface area contributed by atoms with E-state index in [1.54, 1.807) is 60.7 Å². The van der Waals surface area contributed by atoms with Crippen LogP contribution in [0.5, 0.6) is 0 Å². The minimum atomic E-state index is -0.280. The fourth-order valence-electron chi connectivity index (χ4n) is 3.52. The lowest BCUT2D eigenvalue weighted by Crippen LogP contribution is -2.14. The molecule has 4 aromatic rings. The molecule has 3 N–H and O–H groups in total. The van der Waals surface area contributed by atoms with E-state index < -0.39 is 0 Å². The van der Waals surface area contributed by atoms with Gasteiger partial charge in [-0.3, -0.25) is 14.4 Å². The molecule has 0 atom stereocenters. The van der Waals surface area contributed by atoms with Crippen molar-refractivity contribution in [3.8, 4) is 0 Å². The van der Waals surface area contributed by atoms with E-state index in [-0.39, 0.29) is 17.7 Å². The van der Waals surface area contributed by atoms with Crippen molar-refractivity contribution in [2.24, 2.45) is 0 Å². The number of carbonyl (C=O) groups excluding carboxylic acids is 3. The van der Waals surface area contributed by atoms with Crippen LogP contribution in [-0.2, 0) is 0 Å². The van der Waals surface area contributed by atoms with Crippen molar-refractivity contribution in [3.05, 3.63) is 125 Å². The molecule has 0 radical (unpaired) electrons. The van der Waals surface area contributed by atoms with Crippen LogP contribution in [0.1, 0.15) is 42.2 Å². The largest absolute Gasteiger partial charge is 0.322 e. The topological polar surface area (TPSA) is 87.3 Å². The van der Waals surface area contributed by atoms with Gasteiger partial charge in [0.2, 0.25) is 0 Å². The van der Waals surface area contributed by atoms with Crippen LogP contribution in [0.25, 0.3) is 0 Å². The number of benzene rings is 4. The second-order valence-corrected chi connectivity index (χ2v) is 8.26. The second kappa shape index (κ2) is 10.5. The molecule has 0 unspecified atom stereocenters. The summed E-state index contributed by atoms with van der Waals surface area (Å²) in [6.07, 6.45) is 0. The molecule has 0 aliphatic heterocycles. The molecule has 0 heterocycles. The van der Waals surface area contributed by atoms with Crippen LogP contribution in [0, 0.1) is 13.8 Å². The molecule has 35 heavy (non-hydrogen) atoms. The van der Waals surface area contributed by atoms with Gasteiger partial charge in [0.25, 0.3) is 17.7 Å². The van der Waals surface area contributed by atoms with E-state index in [1.807, 2.05) is 50.2 Å². The molecule has 6 nitrogen and oxygen atoms in total. The van der Waals surface area contributed by atoms with Crippen LogP contribution >= 0.6 is 0 Å². The first kappa shape index (κ1) is 23.4. The number of hydrogen-bond donors (Lipinski definition) is 3. The highest BCUT2D eigenvalue weighted by atomic mass is 16.2. The van der Waals surface area contributed by atoms with E-state index in [2.05, 4.69) is 16.0 Å². The van der Waals surface area contributed by atoms with Gasteiger partial charge in [0.1, 0.15) is 0 Å². The first-order valence-corrected chi connectivity index (χ1v) is 11.1. The van der Waals surface area contributed by atoms with E-state index >= 15 is 0 Å². The van der Waals surface area contributed by atoms with Crippen molar-refractivity contribution in [1.82, 2.24) is 0 Å². The molecular weight excluding hydrogens is 438 g/mol. The zero-order chi connectivity index (χ0) is 24.8. The minimum absolute atomic E-state index is 0.194. The van der Waals surface area contributed by atoms with Crippen molar-refractivity contribution >= 4 is 34.8 Å². The van der Waals surface area contributed by atoms with Gasteiger partial charge in [-0.15, -0.1) is 0 Å². The van der Waals surface area contributed by atoms with Crippen molar-refractivity contribution in [2.75, 3.05) is 16.0 Å². The van der Waals surface area contributed by atoms with Gasteiger partial charge in [0, 0.05) is 33.8 Å². The Balaban J connectivity index is 1.33. The number of rotatable bonds is 6. The van der Waals surface area contributed by atoms with Gasteiger partial charge in [0.15, 0.2) is 0 Å². The fraction of sp³-hybridized carbons (Fsp3) is 0.0690. The molecule has 0 aromatic heterocycles. The Hall–Kier alpha value is -4.71. The predicted molar refractivity (Wildman–Crippen MR) is 139 cm³/mol. The predicted octanol–water partition coefficient (Wildman–Crippen LogP) is 6.06. The summed E-state index contributed by atoms with van der Waals surface area (Å²) in [6, 6.07) is 28.3. The minimum Gasteiger partial charge on any atom is -0.322 e. The molecule has 0 fully saturated rings. The van der Waals surface area contributed by atoms with Crippen LogP contribution in [0.4, 0.5) is 17.1 Å². The Morgan fingerprint density at radius 1 is 0.457 bits per heavy atom. The normalized spacial score (nSPS) is 10.3. The molecule has 3 amide bonds. The Morgan fingerprint density at radius 3 is 1.17 bits per heavy atom. The summed E-state index contributed by atoms with van der Waals surface area (Å²) in [7, 11) is 0. The van der Waals surface area contributed by atoms with Crippen molar-refractivity contribution in [1.29, 1.82) is 0 Å². The highest BCUT2D eigenvalue weighted by molar-refractivity contribution is 6.07. The maximum absolute atomic E-state index is 12.6. The molecule has 4 aromatic carbocycles. The summed E-state index contributed by atoms with van der Waals surface area (Å²) in [4.78, 5) is 37.4. The third-order valence-corrected chi connectivity index (χ3v) is 5.37. The number of hydrogen-bond acceptors (Lipinski definition) is 3. The summed E-state index contributed by atoms with van der Waals surface area (Å²) in [6.45, 7) is 3.86. The molecule has 4 rings (SSSR count). The monoisotopic (exact) mass is 463 g/mol. The first-order chi connectivity index (χ1) is 16.9. The first-order valence-electron chi connectivity index (χ1n) is 11.1. The van der Waals surface area contributed by atoms with Crippen LogP contribution < -0.4 is 16.0 Å². The van der Waals surface area contributed by atoms with E-state index in [4.69, 9.17) is 0 Å². The van der Waals surface area contributed by atoms with Crippen LogP contribution in [0.3, 0.4) is 0 Å². The summed E-state index contributed by atoms with van der Waals surface area (Å²) in [5.41, 5.74) is 5.45. The third kappa shape index (κ3) is 6.21. The standard InChI is InChI=1S/C29H25N3O3/c1-19-5-3-7-22(17-19)28(34)31-24-11-9-21(10-12-24)27(33)30-25-13-15-26(16-14-25)32-29(35)23-8-4-6-20(2)18-23/h3-18H,1-2H3,(H,30,33)(H,31,34)(H,32,35). The Bertz CT molecular complexity index is 1380. The third-order valence-electron chi connectivity index (χ3n) is 5.37. The summed E-state index contributed by atoms with van der Waals surface area (Å²) in [5, 5.41) is 8.51. The second-order valence-electron chi connectivity index (χ2n) is 8.26. The SMILES string of the molecule is Cc1cccc(C(=O)Nc2ccc(NC(=O)c3ccc(NC(=O)c4cccc(C)c4)cc3)cc2)c1. The number of carbonyl (C=O) groups is 3. The van der Waals surface area contributed by atoms with Crippen molar-refractivity contribution < 1.29 is 14.4 Å². The molecule has 0 saturated carbocycles.